The molecule has 2 aromatic rings. The van der Waals surface area contributed by atoms with Crippen molar-refractivity contribution >= 4 is 11.3 Å². The fourth-order valence-electron chi connectivity index (χ4n) is 2.18. The van der Waals surface area contributed by atoms with Crippen molar-refractivity contribution in [1.82, 2.24) is 9.88 Å². The molecule has 2 rings (SSSR count). The quantitative estimate of drug-likeness (QED) is 0.889. The first-order valence-electron chi connectivity index (χ1n) is 6.56. The van der Waals surface area contributed by atoms with Crippen LogP contribution in [0.15, 0.2) is 35.8 Å². The summed E-state index contributed by atoms with van der Waals surface area (Å²) in [7, 11) is 2.03. The van der Waals surface area contributed by atoms with E-state index in [4.69, 9.17) is 0 Å². The summed E-state index contributed by atoms with van der Waals surface area (Å²) < 4.78 is 12.8. The lowest BCUT2D eigenvalue weighted by Gasteiger charge is -2.24. The van der Waals surface area contributed by atoms with Gasteiger partial charge < -0.3 is 10.0 Å². The zero-order valence-corrected chi connectivity index (χ0v) is 12.5. The van der Waals surface area contributed by atoms with E-state index in [0.717, 1.165) is 19.3 Å². The number of hydrogen-bond donors (Lipinski definition) is 1. The average molecular weight is 294 g/mol. The van der Waals surface area contributed by atoms with Crippen LogP contribution in [0.4, 0.5) is 4.39 Å². The molecular formula is C15H19FN2OS. The van der Waals surface area contributed by atoms with Crippen LogP contribution >= 0.6 is 11.3 Å². The smallest absolute Gasteiger partial charge is 0.141 e. The maximum absolute atomic E-state index is 12.8. The summed E-state index contributed by atoms with van der Waals surface area (Å²) in [6.45, 7) is 3.59. The topological polar surface area (TPSA) is 36.4 Å². The van der Waals surface area contributed by atoms with Gasteiger partial charge in [-0.15, -0.1) is 11.3 Å². The largest absolute Gasteiger partial charge is 0.386 e. The number of aliphatic hydroxyl groups is 1. The minimum Gasteiger partial charge on any atom is -0.386 e. The third-order valence-electron chi connectivity index (χ3n) is 3.20. The molecule has 0 bridgehead atoms. The molecule has 20 heavy (non-hydrogen) atoms. The lowest BCUT2D eigenvalue weighted by Crippen LogP contribution is -2.27. The molecule has 2 unspecified atom stereocenters. The van der Waals surface area contributed by atoms with Crippen molar-refractivity contribution in [3.8, 4) is 0 Å². The first kappa shape index (κ1) is 15.1. The van der Waals surface area contributed by atoms with Crippen LogP contribution in [0, 0.1) is 11.7 Å². The summed E-state index contributed by atoms with van der Waals surface area (Å²) >= 11 is 1.73. The Morgan fingerprint density at radius 1 is 1.40 bits per heavy atom. The molecule has 0 amide bonds. The van der Waals surface area contributed by atoms with E-state index in [0.29, 0.717) is 5.69 Å². The van der Waals surface area contributed by atoms with Crippen LogP contribution in [-0.4, -0.2) is 28.6 Å². The Kier molecular flexibility index (Phi) is 5.23. The van der Waals surface area contributed by atoms with Crippen LogP contribution in [0.2, 0.25) is 0 Å². The van der Waals surface area contributed by atoms with E-state index >= 15 is 0 Å². The van der Waals surface area contributed by atoms with E-state index in [1.54, 1.807) is 11.3 Å². The van der Waals surface area contributed by atoms with Crippen LogP contribution in [0.25, 0.3) is 0 Å². The van der Waals surface area contributed by atoms with E-state index in [9.17, 15) is 9.50 Å². The molecule has 3 nitrogen and oxygen atoms in total. The van der Waals surface area contributed by atoms with Crippen LogP contribution in [0.3, 0.4) is 0 Å². The molecule has 5 heteroatoms. The van der Waals surface area contributed by atoms with Crippen LogP contribution < -0.4 is 0 Å². The van der Waals surface area contributed by atoms with Gasteiger partial charge in [-0.05, 0) is 30.6 Å². The van der Waals surface area contributed by atoms with E-state index in [-0.39, 0.29) is 11.7 Å². The summed E-state index contributed by atoms with van der Waals surface area (Å²) in [6, 6.07) is 7.00. The number of aromatic nitrogens is 1. The highest BCUT2D eigenvalue weighted by Crippen LogP contribution is 2.21. The molecule has 2 aromatic heterocycles. The van der Waals surface area contributed by atoms with Gasteiger partial charge in [0.15, 0.2) is 0 Å². The van der Waals surface area contributed by atoms with Crippen molar-refractivity contribution in [2.75, 3.05) is 13.6 Å². The second-order valence-electron chi connectivity index (χ2n) is 5.10. The number of halogens is 1. The molecule has 0 saturated heterocycles. The number of pyridine rings is 1. The fraction of sp³-hybridized carbons (Fsp3) is 0.400. The highest BCUT2D eigenvalue weighted by molar-refractivity contribution is 7.09. The number of rotatable bonds is 6. The van der Waals surface area contributed by atoms with Crippen LogP contribution in [0.5, 0.6) is 0 Å². The molecule has 108 valence electrons. The number of aliphatic hydroxyl groups excluding tert-OH is 1. The standard InChI is InChI=1S/C15H19FN2OS/c1-11(9-18(2)10-13-4-3-7-20-13)15(19)14-6-5-12(16)8-17-14/h3-8,11,15,19H,9-10H2,1-2H3. The summed E-state index contributed by atoms with van der Waals surface area (Å²) in [6.07, 6.45) is 0.460. The predicted octanol–water partition coefficient (Wildman–Crippen LogP) is 3.08. The molecule has 0 radical (unpaired) electrons. The molecule has 0 aliphatic heterocycles. The highest BCUT2D eigenvalue weighted by Gasteiger charge is 2.19. The minimum absolute atomic E-state index is 0.0259. The summed E-state index contributed by atoms with van der Waals surface area (Å²) in [5.41, 5.74) is 0.517. The Morgan fingerprint density at radius 3 is 2.80 bits per heavy atom. The van der Waals surface area contributed by atoms with E-state index in [1.807, 2.05) is 20.0 Å². The van der Waals surface area contributed by atoms with Crippen molar-refractivity contribution in [3.05, 3.63) is 52.2 Å². The molecule has 0 aliphatic rings. The van der Waals surface area contributed by atoms with Gasteiger partial charge in [0.25, 0.3) is 0 Å². The van der Waals surface area contributed by atoms with Crippen molar-refractivity contribution in [2.24, 2.45) is 5.92 Å². The Morgan fingerprint density at radius 2 is 2.20 bits per heavy atom. The van der Waals surface area contributed by atoms with Crippen molar-refractivity contribution in [2.45, 2.75) is 19.6 Å². The minimum atomic E-state index is -0.679. The number of thiophene rings is 1. The maximum Gasteiger partial charge on any atom is 0.141 e. The average Bonchev–Trinajstić information content (AvgIpc) is 2.91. The molecule has 0 aliphatic carbocycles. The number of nitrogens with zero attached hydrogens (tertiary/aromatic N) is 2. The predicted molar refractivity (Wildman–Crippen MR) is 79.0 cm³/mol. The highest BCUT2D eigenvalue weighted by atomic mass is 32.1. The number of hydrogen-bond acceptors (Lipinski definition) is 4. The Labute approximate surface area is 122 Å². The maximum atomic E-state index is 12.8. The molecule has 0 saturated carbocycles. The lowest BCUT2D eigenvalue weighted by molar-refractivity contribution is 0.0899. The van der Waals surface area contributed by atoms with Crippen LogP contribution in [0.1, 0.15) is 23.6 Å². The van der Waals surface area contributed by atoms with Gasteiger partial charge in [0, 0.05) is 23.9 Å². The van der Waals surface area contributed by atoms with Gasteiger partial charge in [0.2, 0.25) is 0 Å². The van der Waals surface area contributed by atoms with Gasteiger partial charge in [-0.1, -0.05) is 13.0 Å². The molecule has 1 N–H and O–H groups in total. The molecule has 2 heterocycles. The first-order valence-corrected chi connectivity index (χ1v) is 7.44. The second-order valence-corrected chi connectivity index (χ2v) is 6.13. The molecule has 0 spiro atoms. The molecule has 2 atom stereocenters. The molecule has 0 aromatic carbocycles. The normalized spacial score (nSPS) is 14.4. The first-order chi connectivity index (χ1) is 9.56. The monoisotopic (exact) mass is 294 g/mol. The van der Waals surface area contributed by atoms with Gasteiger partial charge in [-0.25, -0.2) is 4.39 Å². The van der Waals surface area contributed by atoms with E-state index < -0.39 is 6.10 Å². The summed E-state index contributed by atoms with van der Waals surface area (Å²) in [4.78, 5) is 7.41. The lowest BCUT2D eigenvalue weighted by atomic mass is 10.0. The molecular weight excluding hydrogens is 275 g/mol. The van der Waals surface area contributed by atoms with E-state index in [2.05, 4.69) is 21.3 Å². The Bertz CT molecular complexity index is 515. The van der Waals surface area contributed by atoms with Crippen molar-refractivity contribution in [3.63, 3.8) is 0 Å². The zero-order chi connectivity index (χ0) is 14.5. The SMILES string of the molecule is CC(CN(C)Cc1cccs1)C(O)c1ccc(F)cn1. The van der Waals surface area contributed by atoms with Crippen LogP contribution in [-0.2, 0) is 6.54 Å². The Hall–Kier alpha value is -1.30. The van der Waals surface area contributed by atoms with Crippen molar-refractivity contribution < 1.29 is 9.50 Å². The van der Waals surface area contributed by atoms with Crippen molar-refractivity contribution in [1.29, 1.82) is 0 Å². The summed E-state index contributed by atoms with van der Waals surface area (Å²) in [5.74, 6) is -0.360. The van der Waals surface area contributed by atoms with E-state index in [1.165, 1.54) is 17.0 Å². The zero-order valence-electron chi connectivity index (χ0n) is 11.7. The van der Waals surface area contributed by atoms with Gasteiger partial charge in [0.1, 0.15) is 5.82 Å². The summed E-state index contributed by atoms with van der Waals surface area (Å²) in [5, 5.41) is 12.3. The fourth-order valence-corrected chi connectivity index (χ4v) is 2.96. The third kappa shape index (κ3) is 4.10. The second kappa shape index (κ2) is 6.92. The molecule has 0 fully saturated rings. The Balaban J connectivity index is 1.90. The van der Waals surface area contributed by atoms with Gasteiger partial charge in [-0.3, -0.25) is 4.98 Å². The van der Waals surface area contributed by atoms with Gasteiger partial charge in [0.05, 0.1) is 18.0 Å². The van der Waals surface area contributed by atoms with Gasteiger partial charge >= 0.3 is 0 Å². The van der Waals surface area contributed by atoms with Gasteiger partial charge in [-0.2, -0.15) is 0 Å². The third-order valence-corrected chi connectivity index (χ3v) is 4.06.